The van der Waals surface area contributed by atoms with E-state index in [1.807, 2.05) is 12.3 Å². The number of aromatic nitrogens is 3. The second-order valence-electron chi connectivity index (χ2n) is 3.96. The van der Waals surface area contributed by atoms with Crippen molar-refractivity contribution >= 4 is 11.3 Å². The van der Waals surface area contributed by atoms with E-state index in [0.29, 0.717) is 31.1 Å². The van der Waals surface area contributed by atoms with Crippen LogP contribution in [0, 0.1) is 6.92 Å². The van der Waals surface area contributed by atoms with Crippen LogP contribution in [-0.4, -0.2) is 34.9 Å². The molecule has 2 heterocycles. The van der Waals surface area contributed by atoms with Crippen LogP contribution in [0.3, 0.4) is 0 Å². The smallest absolute Gasteiger partial charge is 0.229 e. The van der Waals surface area contributed by atoms with Gasteiger partial charge in [-0.1, -0.05) is 5.16 Å². The fourth-order valence-corrected chi connectivity index (χ4v) is 2.29. The summed E-state index contributed by atoms with van der Waals surface area (Å²) in [7, 11) is 1.62. The highest BCUT2D eigenvalue weighted by molar-refractivity contribution is 7.09. The Morgan fingerprint density at radius 1 is 1.50 bits per heavy atom. The monoisotopic (exact) mass is 268 g/mol. The van der Waals surface area contributed by atoms with Crippen molar-refractivity contribution in [3.05, 3.63) is 27.8 Å². The standard InChI is InChI=1S/C11H16N4O2S/c1-7-6-18-11(13-7)4-9-14-10(17-15-9)3-8(5-12)16-2/h6,8H,3-5,12H2,1-2H3. The van der Waals surface area contributed by atoms with Gasteiger partial charge < -0.3 is 15.0 Å². The minimum Gasteiger partial charge on any atom is -0.380 e. The summed E-state index contributed by atoms with van der Waals surface area (Å²) in [6, 6.07) is 0. The van der Waals surface area contributed by atoms with Crippen LogP contribution in [0.1, 0.15) is 22.4 Å². The summed E-state index contributed by atoms with van der Waals surface area (Å²) in [6.45, 7) is 2.39. The molecule has 1 unspecified atom stereocenters. The van der Waals surface area contributed by atoms with Crippen molar-refractivity contribution in [1.29, 1.82) is 0 Å². The van der Waals surface area contributed by atoms with E-state index in [4.69, 9.17) is 15.0 Å². The van der Waals surface area contributed by atoms with E-state index in [9.17, 15) is 0 Å². The molecule has 0 aromatic carbocycles. The first-order chi connectivity index (χ1) is 8.71. The minimum atomic E-state index is -0.0830. The van der Waals surface area contributed by atoms with Gasteiger partial charge in [0.05, 0.1) is 18.9 Å². The number of methoxy groups -OCH3 is 1. The Morgan fingerprint density at radius 2 is 2.33 bits per heavy atom. The Labute approximate surface area is 109 Å². The third kappa shape index (κ3) is 3.34. The van der Waals surface area contributed by atoms with Gasteiger partial charge >= 0.3 is 0 Å². The van der Waals surface area contributed by atoms with Crippen molar-refractivity contribution in [2.75, 3.05) is 13.7 Å². The highest BCUT2D eigenvalue weighted by atomic mass is 32.1. The molecule has 0 spiro atoms. The van der Waals surface area contributed by atoms with Gasteiger partial charge in [-0.05, 0) is 6.92 Å². The lowest BCUT2D eigenvalue weighted by molar-refractivity contribution is 0.102. The molecule has 0 saturated carbocycles. The van der Waals surface area contributed by atoms with Crippen molar-refractivity contribution in [3.8, 4) is 0 Å². The molecule has 1 atom stereocenters. The largest absolute Gasteiger partial charge is 0.380 e. The summed E-state index contributed by atoms with van der Waals surface area (Å²) < 4.78 is 10.3. The molecule has 18 heavy (non-hydrogen) atoms. The van der Waals surface area contributed by atoms with Gasteiger partial charge in [-0.15, -0.1) is 11.3 Å². The van der Waals surface area contributed by atoms with Crippen LogP contribution in [-0.2, 0) is 17.6 Å². The van der Waals surface area contributed by atoms with Gasteiger partial charge in [0.2, 0.25) is 5.89 Å². The molecule has 2 aromatic heterocycles. The van der Waals surface area contributed by atoms with Crippen LogP contribution >= 0.6 is 11.3 Å². The third-order valence-electron chi connectivity index (χ3n) is 2.48. The number of ether oxygens (including phenoxy) is 1. The van der Waals surface area contributed by atoms with Crippen LogP contribution in [0.5, 0.6) is 0 Å². The minimum absolute atomic E-state index is 0.0830. The lowest BCUT2D eigenvalue weighted by Crippen LogP contribution is -2.24. The number of thiazole rings is 1. The van der Waals surface area contributed by atoms with E-state index in [-0.39, 0.29) is 6.10 Å². The SMILES string of the molecule is COC(CN)Cc1nc(Cc2nc(C)cs2)no1. The maximum Gasteiger partial charge on any atom is 0.229 e. The van der Waals surface area contributed by atoms with Crippen LogP contribution in [0.4, 0.5) is 0 Å². The fourth-order valence-electron chi connectivity index (χ4n) is 1.52. The Balaban J connectivity index is 1.97. The van der Waals surface area contributed by atoms with Crippen molar-refractivity contribution in [1.82, 2.24) is 15.1 Å². The Hall–Kier alpha value is -1.31. The van der Waals surface area contributed by atoms with Gasteiger partial charge in [0, 0.05) is 24.7 Å². The molecule has 2 aromatic rings. The zero-order valence-electron chi connectivity index (χ0n) is 10.4. The molecule has 0 bridgehead atoms. The fraction of sp³-hybridized carbons (Fsp3) is 0.545. The van der Waals surface area contributed by atoms with Crippen molar-refractivity contribution < 1.29 is 9.26 Å². The number of aryl methyl sites for hydroxylation is 1. The average Bonchev–Trinajstić information content (AvgIpc) is 2.96. The maximum absolute atomic E-state index is 5.54. The highest BCUT2D eigenvalue weighted by Crippen LogP contribution is 2.13. The summed E-state index contributed by atoms with van der Waals surface area (Å²) in [5, 5.41) is 6.92. The summed E-state index contributed by atoms with van der Waals surface area (Å²) in [4.78, 5) is 8.66. The van der Waals surface area contributed by atoms with Crippen molar-refractivity contribution in [3.63, 3.8) is 0 Å². The first-order valence-corrected chi connectivity index (χ1v) is 6.54. The Kier molecular flexibility index (Phi) is 4.40. The number of hydrogen-bond donors (Lipinski definition) is 1. The summed E-state index contributed by atoms with van der Waals surface area (Å²) in [5.74, 6) is 1.20. The molecule has 0 aliphatic heterocycles. The normalized spacial score (nSPS) is 12.8. The van der Waals surface area contributed by atoms with Crippen molar-refractivity contribution in [2.24, 2.45) is 5.73 Å². The van der Waals surface area contributed by atoms with Crippen molar-refractivity contribution in [2.45, 2.75) is 25.9 Å². The van der Waals surface area contributed by atoms with Gasteiger partial charge in [0.25, 0.3) is 0 Å². The molecular formula is C11H16N4O2S. The molecule has 2 N–H and O–H groups in total. The maximum atomic E-state index is 5.54. The molecule has 0 aliphatic carbocycles. The number of hydrogen-bond acceptors (Lipinski definition) is 7. The first-order valence-electron chi connectivity index (χ1n) is 5.66. The van der Waals surface area contributed by atoms with Gasteiger partial charge in [-0.3, -0.25) is 0 Å². The molecule has 2 rings (SSSR count). The summed E-state index contributed by atoms with van der Waals surface area (Å²) >= 11 is 1.60. The zero-order valence-corrected chi connectivity index (χ0v) is 11.2. The molecule has 0 aliphatic rings. The molecule has 7 heteroatoms. The number of nitrogens with two attached hydrogens (primary N) is 1. The number of nitrogens with zero attached hydrogens (tertiary/aromatic N) is 3. The number of rotatable bonds is 6. The molecule has 0 fully saturated rings. The van der Waals surface area contributed by atoms with E-state index in [0.717, 1.165) is 10.7 Å². The first kappa shape index (κ1) is 13.1. The molecule has 98 valence electrons. The second-order valence-corrected chi connectivity index (χ2v) is 4.90. The van der Waals surface area contributed by atoms with E-state index in [2.05, 4.69) is 15.1 Å². The van der Waals surface area contributed by atoms with E-state index in [1.165, 1.54) is 0 Å². The van der Waals surface area contributed by atoms with E-state index < -0.39 is 0 Å². The molecule has 0 saturated heterocycles. The topological polar surface area (TPSA) is 87.1 Å². The zero-order chi connectivity index (χ0) is 13.0. The molecule has 0 radical (unpaired) electrons. The highest BCUT2D eigenvalue weighted by Gasteiger charge is 2.13. The lowest BCUT2D eigenvalue weighted by Gasteiger charge is -2.08. The van der Waals surface area contributed by atoms with Crippen LogP contribution in [0.15, 0.2) is 9.90 Å². The second kappa shape index (κ2) is 6.03. The summed E-state index contributed by atoms with van der Waals surface area (Å²) in [5.41, 5.74) is 6.56. The molecular weight excluding hydrogens is 252 g/mol. The molecule has 6 nitrogen and oxygen atoms in total. The van der Waals surface area contributed by atoms with Gasteiger partial charge in [-0.25, -0.2) is 4.98 Å². The molecule has 0 amide bonds. The average molecular weight is 268 g/mol. The predicted molar refractivity (Wildman–Crippen MR) is 67.5 cm³/mol. The van der Waals surface area contributed by atoms with E-state index >= 15 is 0 Å². The quantitative estimate of drug-likeness (QED) is 0.839. The van der Waals surface area contributed by atoms with Crippen LogP contribution < -0.4 is 5.73 Å². The van der Waals surface area contributed by atoms with Gasteiger partial charge in [0.1, 0.15) is 5.01 Å². The van der Waals surface area contributed by atoms with Gasteiger partial charge in [-0.2, -0.15) is 4.98 Å². The summed E-state index contributed by atoms with van der Waals surface area (Å²) in [6.07, 6.45) is 1.06. The Bertz CT molecular complexity index is 493. The lowest BCUT2D eigenvalue weighted by atomic mass is 10.2. The Morgan fingerprint density at radius 3 is 2.94 bits per heavy atom. The van der Waals surface area contributed by atoms with Crippen LogP contribution in [0.25, 0.3) is 0 Å². The third-order valence-corrected chi connectivity index (χ3v) is 3.45. The van der Waals surface area contributed by atoms with Gasteiger partial charge in [0.15, 0.2) is 5.82 Å². The van der Waals surface area contributed by atoms with E-state index in [1.54, 1.807) is 18.4 Å². The predicted octanol–water partition coefficient (Wildman–Crippen LogP) is 0.942. The van der Waals surface area contributed by atoms with Crippen LogP contribution in [0.2, 0.25) is 0 Å².